The Kier molecular flexibility index (Phi) is 4.86. The maximum absolute atomic E-state index is 12.8. The van der Waals surface area contributed by atoms with Gasteiger partial charge in [0.05, 0.1) is 11.8 Å². The average Bonchev–Trinajstić information content (AvgIpc) is 3.30. The first-order chi connectivity index (χ1) is 13.1. The molecule has 1 atom stereocenters. The van der Waals surface area contributed by atoms with Crippen molar-refractivity contribution in [1.82, 2.24) is 0 Å². The van der Waals surface area contributed by atoms with Crippen molar-refractivity contribution in [3.63, 3.8) is 0 Å². The average molecular weight is 365 g/mol. The third-order valence-electron chi connectivity index (χ3n) is 4.88. The van der Waals surface area contributed by atoms with Crippen LogP contribution in [0.2, 0.25) is 0 Å². The van der Waals surface area contributed by atoms with E-state index in [-0.39, 0.29) is 12.0 Å². The Bertz CT molecular complexity index is 970. The first-order valence-electron chi connectivity index (χ1n) is 9.26. The second kappa shape index (κ2) is 7.45. The summed E-state index contributed by atoms with van der Waals surface area (Å²) in [6.07, 6.45) is 2.19. The van der Waals surface area contributed by atoms with Crippen LogP contribution in [0.25, 0.3) is 11.0 Å². The predicted octanol–water partition coefficient (Wildman–Crippen LogP) is 4.86. The van der Waals surface area contributed by atoms with Crippen molar-refractivity contribution in [2.24, 2.45) is 0 Å². The van der Waals surface area contributed by atoms with Crippen LogP contribution in [-0.2, 0) is 4.74 Å². The molecule has 1 N–H and O–H groups in total. The molecule has 1 amide bonds. The number of para-hydroxylation sites is 1. The Labute approximate surface area is 158 Å². The van der Waals surface area contributed by atoms with Crippen molar-refractivity contribution in [2.75, 3.05) is 18.5 Å². The molecule has 1 unspecified atom stereocenters. The SMILES string of the molecule is Cc1ccc(NC(=O)c2oc3ccccc3c2C)c(OCC2CCCO2)c1. The van der Waals surface area contributed by atoms with Gasteiger partial charge in [-0.25, -0.2) is 0 Å². The zero-order valence-electron chi connectivity index (χ0n) is 15.6. The van der Waals surface area contributed by atoms with Crippen LogP contribution in [0.4, 0.5) is 5.69 Å². The lowest BCUT2D eigenvalue weighted by Crippen LogP contribution is -2.18. The lowest BCUT2D eigenvalue weighted by atomic mass is 10.1. The summed E-state index contributed by atoms with van der Waals surface area (Å²) in [5.74, 6) is 0.684. The van der Waals surface area contributed by atoms with E-state index < -0.39 is 0 Å². The number of hydrogen-bond donors (Lipinski definition) is 1. The van der Waals surface area contributed by atoms with Crippen molar-refractivity contribution in [1.29, 1.82) is 0 Å². The second-order valence-electron chi connectivity index (χ2n) is 6.95. The van der Waals surface area contributed by atoms with Crippen LogP contribution in [0, 0.1) is 13.8 Å². The summed E-state index contributed by atoms with van der Waals surface area (Å²) >= 11 is 0. The highest BCUT2D eigenvalue weighted by Gasteiger charge is 2.20. The highest BCUT2D eigenvalue weighted by molar-refractivity contribution is 6.07. The molecule has 0 spiro atoms. The molecule has 1 saturated heterocycles. The molecule has 140 valence electrons. The van der Waals surface area contributed by atoms with E-state index in [0.29, 0.717) is 29.4 Å². The monoisotopic (exact) mass is 365 g/mol. The second-order valence-corrected chi connectivity index (χ2v) is 6.95. The van der Waals surface area contributed by atoms with E-state index in [2.05, 4.69) is 5.32 Å². The highest BCUT2D eigenvalue weighted by Crippen LogP contribution is 2.30. The maximum atomic E-state index is 12.8. The van der Waals surface area contributed by atoms with Crippen LogP contribution >= 0.6 is 0 Å². The quantitative estimate of drug-likeness (QED) is 0.701. The number of anilines is 1. The van der Waals surface area contributed by atoms with E-state index in [9.17, 15) is 4.79 Å². The molecule has 2 heterocycles. The number of furan rings is 1. The van der Waals surface area contributed by atoms with Crippen LogP contribution in [0.1, 0.15) is 34.5 Å². The topological polar surface area (TPSA) is 60.7 Å². The largest absolute Gasteiger partial charge is 0.489 e. The minimum Gasteiger partial charge on any atom is -0.489 e. The molecule has 4 rings (SSSR count). The van der Waals surface area contributed by atoms with E-state index in [1.54, 1.807) is 0 Å². The van der Waals surface area contributed by atoms with Crippen molar-refractivity contribution < 1.29 is 18.7 Å². The zero-order valence-corrected chi connectivity index (χ0v) is 15.6. The molecule has 1 aliphatic heterocycles. The molecule has 0 saturated carbocycles. The fourth-order valence-corrected chi connectivity index (χ4v) is 3.38. The molecule has 5 nitrogen and oxygen atoms in total. The van der Waals surface area contributed by atoms with Crippen LogP contribution < -0.4 is 10.1 Å². The third kappa shape index (κ3) is 3.69. The van der Waals surface area contributed by atoms with Crippen molar-refractivity contribution in [3.05, 3.63) is 59.4 Å². The van der Waals surface area contributed by atoms with Gasteiger partial charge in [-0.1, -0.05) is 24.3 Å². The number of carbonyl (C=O) groups is 1. The third-order valence-corrected chi connectivity index (χ3v) is 4.88. The van der Waals surface area contributed by atoms with E-state index in [0.717, 1.165) is 36.0 Å². The zero-order chi connectivity index (χ0) is 18.8. The summed E-state index contributed by atoms with van der Waals surface area (Å²) in [6, 6.07) is 13.4. The summed E-state index contributed by atoms with van der Waals surface area (Å²) < 4.78 is 17.3. The molecule has 1 aromatic heterocycles. The molecule has 0 aliphatic carbocycles. The smallest absolute Gasteiger partial charge is 0.291 e. The Morgan fingerprint density at radius 3 is 2.85 bits per heavy atom. The van der Waals surface area contributed by atoms with Gasteiger partial charge in [0.1, 0.15) is 17.9 Å². The molecule has 5 heteroatoms. The molecule has 0 bridgehead atoms. The number of nitrogens with one attached hydrogen (secondary N) is 1. The van der Waals surface area contributed by atoms with Gasteiger partial charge < -0.3 is 19.2 Å². The molecule has 1 aliphatic rings. The number of aryl methyl sites for hydroxylation is 2. The lowest BCUT2D eigenvalue weighted by Gasteiger charge is -2.15. The van der Waals surface area contributed by atoms with Gasteiger partial charge in [0, 0.05) is 17.6 Å². The summed E-state index contributed by atoms with van der Waals surface area (Å²) in [7, 11) is 0. The Morgan fingerprint density at radius 2 is 2.07 bits per heavy atom. The number of ether oxygens (including phenoxy) is 2. The summed E-state index contributed by atoms with van der Waals surface area (Å²) in [5, 5.41) is 3.88. The van der Waals surface area contributed by atoms with Crippen LogP contribution in [0.5, 0.6) is 5.75 Å². The number of amides is 1. The summed E-state index contributed by atoms with van der Waals surface area (Å²) in [4.78, 5) is 12.8. The Balaban J connectivity index is 1.55. The van der Waals surface area contributed by atoms with Gasteiger partial charge in [-0.2, -0.15) is 0 Å². The standard InChI is InChI=1S/C22H23NO4/c1-14-9-10-18(20(12-14)26-13-16-6-5-11-25-16)23-22(24)21-15(2)17-7-3-4-8-19(17)27-21/h3-4,7-10,12,16H,5-6,11,13H2,1-2H3,(H,23,24). The first-order valence-corrected chi connectivity index (χ1v) is 9.26. The lowest BCUT2D eigenvalue weighted by molar-refractivity contribution is 0.0681. The molecule has 3 aromatic rings. The van der Waals surface area contributed by atoms with Gasteiger partial charge in [-0.3, -0.25) is 4.79 Å². The van der Waals surface area contributed by atoms with Crippen LogP contribution in [0.15, 0.2) is 46.9 Å². The number of carbonyl (C=O) groups excluding carboxylic acids is 1. The predicted molar refractivity (Wildman–Crippen MR) is 105 cm³/mol. The summed E-state index contributed by atoms with van der Waals surface area (Å²) in [6.45, 7) is 5.16. The van der Waals surface area contributed by atoms with Gasteiger partial charge >= 0.3 is 0 Å². The molecule has 0 radical (unpaired) electrons. The normalized spacial score (nSPS) is 16.6. The highest BCUT2D eigenvalue weighted by atomic mass is 16.5. The number of fused-ring (bicyclic) bond motifs is 1. The van der Waals surface area contributed by atoms with E-state index in [4.69, 9.17) is 13.9 Å². The maximum Gasteiger partial charge on any atom is 0.291 e. The van der Waals surface area contributed by atoms with Crippen LogP contribution in [0.3, 0.4) is 0 Å². The Hall–Kier alpha value is -2.79. The summed E-state index contributed by atoms with van der Waals surface area (Å²) in [5.41, 5.74) is 3.23. The van der Waals surface area contributed by atoms with Gasteiger partial charge in [-0.15, -0.1) is 0 Å². The van der Waals surface area contributed by atoms with Crippen molar-refractivity contribution in [2.45, 2.75) is 32.8 Å². The molecule has 1 fully saturated rings. The van der Waals surface area contributed by atoms with Gasteiger partial charge in [-0.05, 0) is 50.5 Å². The molecular formula is C22H23NO4. The van der Waals surface area contributed by atoms with Gasteiger partial charge in [0.2, 0.25) is 0 Å². The molecule has 2 aromatic carbocycles. The number of hydrogen-bond acceptors (Lipinski definition) is 4. The van der Waals surface area contributed by atoms with E-state index in [1.807, 2.05) is 56.3 Å². The molecule has 27 heavy (non-hydrogen) atoms. The number of benzene rings is 2. The minimum atomic E-state index is -0.283. The van der Waals surface area contributed by atoms with E-state index in [1.165, 1.54) is 0 Å². The number of rotatable bonds is 5. The van der Waals surface area contributed by atoms with Gasteiger partial charge in [0.25, 0.3) is 5.91 Å². The fraction of sp³-hybridized carbons (Fsp3) is 0.318. The Morgan fingerprint density at radius 1 is 1.22 bits per heavy atom. The molecular weight excluding hydrogens is 342 g/mol. The van der Waals surface area contributed by atoms with Crippen LogP contribution in [-0.4, -0.2) is 25.2 Å². The first kappa shape index (κ1) is 17.6. The van der Waals surface area contributed by atoms with Crippen molar-refractivity contribution in [3.8, 4) is 5.75 Å². The van der Waals surface area contributed by atoms with E-state index >= 15 is 0 Å². The minimum absolute atomic E-state index is 0.117. The van der Waals surface area contributed by atoms with Gasteiger partial charge in [0.15, 0.2) is 5.76 Å². The van der Waals surface area contributed by atoms with Crippen molar-refractivity contribution >= 4 is 22.6 Å². The fourth-order valence-electron chi connectivity index (χ4n) is 3.38.